The number of ether oxygens (including phenoxy) is 1. The van der Waals surface area contributed by atoms with Crippen molar-refractivity contribution in [2.24, 2.45) is 5.92 Å². The number of carbonyl (C=O) groups excluding carboxylic acids is 1. The maximum absolute atomic E-state index is 12.4. The molecule has 0 radical (unpaired) electrons. The van der Waals surface area contributed by atoms with E-state index in [0.717, 1.165) is 39.0 Å². The second-order valence-electron chi connectivity index (χ2n) is 6.61. The average molecular weight is 347 g/mol. The van der Waals surface area contributed by atoms with Gasteiger partial charge in [0.2, 0.25) is 15.9 Å². The quantitative estimate of drug-likeness (QED) is 0.668. The van der Waals surface area contributed by atoms with Gasteiger partial charge in [-0.2, -0.15) is 4.31 Å². The molecule has 2 saturated heterocycles. The third kappa shape index (κ3) is 6.02. The fraction of sp³-hybridized carbons (Fsp3) is 0.933. The molecule has 8 heteroatoms. The first-order chi connectivity index (χ1) is 10.9. The first kappa shape index (κ1) is 18.6. The van der Waals surface area contributed by atoms with Gasteiger partial charge in [0.05, 0.1) is 26.0 Å². The molecule has 0 aromatic carbocycles. The Labute approximate surface area is 139 Å². The molecule has 0 saturated carbocycles. The Bertz CT molecular complexity index is 483. The smallest absolute Gasteiger partial charge is 0.237 e. The number of nitrogens with zero attached hydrogens (tertiary/aromatic N) is 3. The van der Waals surface area contributed by atoms with Crippen LogP contribution in [0.15, 0.2) is 0 Å². The summed E-state index contributed by atoms with van der Waals surface area (Å²) in [6, 6.07) is 0. The normalized spacial score (nSPS) is 21.8. The van der Waals surface area contributed by atoms with Gasteiger partial charge in [0, 0.05) is 39.3 Å². The monoisotopic (exact) mass is 347 g/mol. The lowest BCUT2D eigenvalue weighted by Gasteiger charge is -2.33. The number of morpholine rings is 1. The van der Waals surface area contributed by atoms with Crippen LogP contribution >= 0.6 is 0 Å². The average Bonchev–Trinajstić information content (AvgIpc) is 2.51. The maximum Gasteiger partial charge on any atom is 0.237 e. The van der Waals surface area contributed by atoms with Gasteiger partial charge >= 0.3 is 0 Å². The zero-order valence-corrected chi connectivity index (χ0v) is 15.1. The third-order valence-electron chi connectivity index (χ3n) is 4.69. The third-order valence-corrected chi connectivity index (χ3v) is 5.94. The molecule has 0 aliphatic carbocycles. The molecule has 2 fully saturated rings. The predicted octanol–water partition coefficient (Wildman–Crippen LogP) is -0.161. The van der Waals surface area contributed by atoms with Crippen molar-refractivity contribution in [1.82, 2.24) is 14.1 Å². The number of rotatable bonds is 6. The summed E-state index contributed by atoms with van der Waals surface area (Å²) in [5, 5.41) is 0. The van der Waals surface area contributed by atoms with Crippen molar-refractivity contribution in [1.29, 1.82) is 0 Å². The minimum Gasteiger partial charge on any atom is -0.379 e. The zero-order valence-electron chi connectivity index (χ0n) is 14.2. The van der Waals surface area contributed by atoms with Crippen LogP contribution in [0.2, 0.25) is 0 Å². The van der Waals surface area contributed by atoms with E-state index >= 15 is 0 Å². The molecule has 0 atom stereocenters. The van der Waals surface area contributed by atoms with Crippen molar-refractivity contribution in [2.45, 2.75) is 19.8 Å². The molecule has 23 heavy (non-hydrogen) atoms. The zero-order chi connectivity index (χ0) is 16.9. The molecule has 0 aromatic heterocycles. The summed E-state index contributed by atoms with van der Waals surface area (Å²) in [6.45, 7) is 7.61. The van der Waals surface area contributed by atoms with Gasteiger partial charge in [-0.15, -0.1) is 0 Å². The molecule has 0 bridgehead atoms. The second-order valence-corrected chi connectivity index (χ2v) is 8.60. The van der Waals surface area contributed by atoms with Crippen LogP contribution in [0.1, 0.15) is 19.8 Å². The summed E-state index contributed by atoms with van der Waals surface area (Å²) < 4.78 is 30.6. The van der Waals surface area contributed by atoms with E-state index < -0.39 is 10.0 Å². The fourth-order valence-electron chi connectivity index (χ4n) is 2.95. The summed E-state index contributed by atoms with van der Waals surface area (Å²) in [6.07, 6.45) is 3.18. The lowest BCUT2D eigenvalue weighted by Crippen LogP contribution is -2.48. The van der Waals surface area contributed by atoms with Gasteiger partial charge in [-0.25, -0.2) is 8.42 Å². The van der Waals surface area contributed by atoms with E-state index in [2.05, 4.69) is 11.8 Å². The number of carbonyl (C=O) groups is 1. The number of hydrogen-bond donors (Lipinski definition) is 0. The van der Waals surface area contributed by atoms with E-state index in [0.29, 0.717) is 32.2 Å². The van der Waals surface area contributed by atoms with Crippen molar-refractivity contribution in [3.05, 3.63) is 0 Å². The minimum absolute atomic E-state index is 0.0441. The molecule has 0 N–H and O–H groups in total. The minimum atomic E-state index is -3.38. The summed E-state index contributed by atoms with van der Waals surface area (Å²) in [7, 11) is -3.38. The molecule has 2 heterocycles. The van der Waals surface area contributed by atoms with E-state index in [-0.39, 0.29) is 12.5 Å². The van der Waals surface area contributed by atoms with E-state index in [1.165, 1.54) is 10.6 Å². The van der Waals surface area contributed by atoms with Crippen LogP contribution in [0.3, 0.4) is 0 Å². The molecule has 0 spiro atoms. The Morgan fingerprint density at radius 1 is 1.17 bits per heavy atom. The van der Waals surface area contributed by atoms with Crippen molar-refractivity contribution >= 4 is 15.9 Å². The van der Waals surface area contributed by atoms with Gasteiger partial charge in [0.15, 0.2) is 0 Å². The standard InChI is InChI=1S/C15H29N3O4S/c1-14-3-5-17(6-4-14)15(19)13-18(23(2,20)21)8-7-16-9-11-22-12-10-16/h14H,3-13H2,1-2H3. The first-order valence-electron chi connectivity index (χ1n) is 8.39. The molecule has 0 aromatic rings. The molecule has 2 rings (SSSR count). The number of amides is 1. The Morgan fingerprint density at radius 2 is 1.78 bits per heavy atom. The van der Waals surface area contributed by atoms with Crippen molar-refractivity contribution < 1.29 is 17.9 Å². The van der Waals surface area contributed by atoms with Gasteiger partial charge in [-0.3, -0.25) is 9.69 Å². The molecule has 7 nitrogen and oxygen atoms in total. The van der Waals surface area contributed by atoms with Crippen LogP contribution in [0.5, 0.6) is 0 Å². The molecule has 0 unspecified atom stereocenters. The SMILES string of the molecule is CC1CCN(C(=O)CN(CCN2CCOCC2)S(C)(=O)=O)CC1. The highest BCUT2D eigenvalue weighted by Gasteiger charge is 2.26. The van der Waals surface area contributed by atoms with Crippen LogP contribution in [0.25, 0.3) is 0 Å². The number of hydrogen-bond acceptors (Lipinski definition) is 5. The molecule has 134 valence electrons. The van der Waals surface area contributed by atoms with Gasteiger partial charge < -0.3 is 9.64 Å². The molecular formula is C15H29N3O4S. The highest BCUT2D eigenvalue weighted by Crippen LogP contribution is 2.16. The number of likely N-dealkylation sites (tertiary alicyclic amines) is 1. The van der Waals surface area contributed by atoms with Crippen molar-refractivity contribution in [3.63, 3.8) is 0 Å². The van der Waals surface area contributed by atoms with Crippen LogP contribution in [0.4, 0.5) is 0 Å². The predicted molar refractivity (Wildman–Crippen MR) is 88.7 cm³/mol. The molecule has 2 aliphatic heterocycles. The van der Waals surface area contributed by atoms with E-state index in [4.69, 9.17) is 4.74 Å². The Balaban J connectivity index is 1.86. The van der Waals surface area contributed by atoms with E-state index in [1.54, 1.807) is 4.90 Å². The summed E-state index contributed by atoms with van der Waals surface area (Å²) in [5.41, 5.74) is 0. The maximum atomic E-state index is 12.4. The van der Waals surface area contributed by atoms with Crippen molar-refractivity contribution in [3.8, 4) is 0 Å². The summed E-state index contributed by atoms with van der Waals surface area (Å²) in [5.74, 6) is 0.565. The van der Waals surface area contributed by atoms with Gasteiger partial charge in [0.25, 0.3) is 0 Å². The van der Waals surface area contributed by atoms with Gasteiger partial charge in [-0.1, -0.05) is 6.92 Å². The highest BCUT2D eigenvalue weighted by atomic mass is 32.2. The van der Waals surface area contributed by atoms with Crippen LogP contribution in [-0.4, -0.2) is 93.7 Å². The first-order valence-corrected chi connectivity index (χ1v) is 10.2. The van der Waals surface area contributed by atoms with Crippen molar-refractivity contribution in [2.75, 3.05) is 65.3 Å². The molecule has 2 aliphatic rings. The van der Waals surface area contributed by atoms with Gasteiger partial charge in [-0.05, 0) is 18.8 Å². The second kappa shape index (κ2) is 8.41. The molecule has 1 amide bonds. The van der Waals surface area contributed by atoms with E-state index in [9.17, 15) is 13.2 Å². The van der Waals surface area contributed by atoms with Crippen LogP contribution in [0, 0.1) is 5.92 Å². The molecular weight excluding hydrogens is 318 g/mol. The Hall–Kier alpha value is -0.700. The largest absolute Gasteiger partial charge is 0.379 e. The summed E-state index contributed by atoms with van der Waals surface area (Å²) >= 11 is 0. The van der Waals surface area contributed by atoms with Gasteiger partial charge in [0.1, 0.15) is 0 Å². The summed E-state index contributed by atoms with van der Waals surface area (Å²) in [4.78, 5) is 16.4. The Morgan fingerprint density at radius 3 is 2.35 bits per heavy atom. The number of piperidine rings is 1. The van der Waals surface area contributed by atoms with Crippen LogP contribution < -0.4 is 0 Å². The van der Waals surface area contributed by atoms with Crippen LogP contribution in [-0.2, 0) is 19.6 Å². The fourth-order valence-corrected chi connectivity index (χ4v) is 3.71. The number of sulfonamides is 1. The van der Waals surface area contributed by atoms with E-state index in [1.807, 2.05) is 0 Å². The topological polar surface area (TPSA) is 70.2 Å². The lowest BCUT2D eigenvalue weighted by atomic mass is 9.99. The Kier molecular flexibility index (Phi) is 6.82. The lowest BCUT2D eigenvalue weighted by molar-refractivity contribution is -0.132. The highest BCUT2D eigenvalue weighted by molar-refractivity contribution is 7.88.